The Hall–Kier alpha value is -2.99. The van der Waals surface area contributed by atoms with E-state index in [1.807, 2.05) is 13.0 Å². The lowest BCUT2D eigenvalue weighted by atomic mass is 9.95. The van der Waals surface area contributed by atoms with E-state index in [-0.39, 0.29) is 12.5 Å². The summed E-state index contributed by atoms with van der Waals surface area (Å²) in [5, 5.41) is 7.33. The van der Waals surface area contributed by atoms with E-state index in [0.717, 1.165) is 16.5 Å². The van der Waals surface area contributed by atoms with Gasteiger partial charge in [-0.3, -0.25) is 4.79 Å². The Balaban J connectivity index is 1.69. The Morgan fingerprint density at radius 1 is 1.17 bits per heavy atom. The van der Waals surface area contributed by atoms with Crippen LogP contribution in [0.2, 0.25) is 5.02 Å². The Kier molecular flexibility index (Phi) is 4.96. The van der Waals surface area contributed by atoms with Crippen LogP contribution in [0.3, 0.4) is 0 Å². The highest BCUT2D eigenvalue weighted by Crippen LogP contribution is 2.36. The Bertz CT molecular complexity index is 1180. The minimum atomic E-state index is -0.395. The number of anilines is 2. The lowest BCUT2D eigenvalue weighted by Gasteiger charge is -2.20. The van der Waals surface area contributed by atoms with Crippen molar-refractivity contribution in [3.05, 3.63) is 62.5 Å². The van der Waals surface area contributed by atoms with Crippen molar-refractivity contribution in [3.63, 3.8) is 0 Å². The fourth-order valence-corrected chi connectivity index (χ4v) is 3.82. The third kappa shape index (κ3) is 3.80. The molecule has 0 radical (unpaired) electrons. The lowest BCUT2D eigenvalue weighted by molar-refractivity contribution is -0.118. The van der Waals surface area contributed by atoms with Gasteiger partial charge in [-0.2, -0.15) is 0 Å². The molecule has 0 saturated carbocycles. The van der Waals surface area contributed by atoms with E-state index in [0.29, 0.717) is 40.2 Å². The number of hydrogen-bond donors (Lipinski definition) is 2. The number of carbonyl (C=O) groups excluding carboxylic acids is 1. The fourth-order valence-electron chi connectivity index (χ4n) is 3.59. The first-order valence-corrected chi connectivity index (χ1v) is 9.77. The minimum Gasteiger partial charge on any atom is -0.482 e. The molecule has 4 rings (SSSR count). The molecule has 0 unspecified atom stereocenters. The van der Waals surface area contributed by atoms with Gasteiger partial charge in [-0.05, 0) is 47.7 Å². The number of fused-ring (bicyclic) bond motifs is 2. The van der Waals surface area contributed by atoms with Gasteiger partial charge in [-0.15, -0.1) is 0 Å². The van der Waals surface area contributed by atoms with E-state index >= 15 is 0 Å². The highest BCUT2D eigenvalue weighted by Gasteiger charge is 2.18. The molecule has 2 aromatic carbocycles. The van der Waals surface area contributed by atoms with Crippen LogP contribution in [0.25, 0.3) is 11.0 Å². The summed E-state index contributed by atoms with van der Waals surface area (Å²) in [6.07, 6.45) is 0. The molecule has 0 saturated heterocycles. The van der Waals surface area contributed by atoms with Crippen molar-refractivity contribution in [1.29, 1.82) is 0 Å². The fraction of sp³-hybridized carbons (Fsp3) is 0.273. The number of benzene rings is 2. The molecular formula is C22H21ClN2O4. The normalized spacial score (nSPS) is 13.2. The summed E-state index contributed by atoms with van der Waals surface area (Å²) in [5.41, 5.74) is 4.49. The standard InChI is InChI=1S/C22H21ClN2O4/c1-11(2)14-6-15-13(5-22(27)29-19(15)4-12(14)3)9-24-17-8-20-18(7-16(17)23)25-21(26)10-28-20/h4-8,11,24H,9-10H2,1-3H3,(H,25,26). The van der Waals surface area contributed by atoms with Gasteiger partial charge in [0.2, 0.25) is 0 Å². The molecule has 0 spiro atoms. The van der Waals surface area contributed by atoms with Gasteiger partial charge >= 0.3 is 5.63 Å². The number of amides is 1. The van der Waals surface area contributed by atoms with Crippen LogP contribution in [0.1, 0.15) is 36.5 Å². The zero-order valence-electron chi connectivity index (χ0n) is 16.4. The Morgan fingerprint density at radius 3 is 2.72 bits per heavy atom. The average Bonchev–Trinajstić information content (AvgIpc) is 2.65. The molecular weight excluding hydrogens is 392 g/mol. The van der Waals surface area contributed by atoms with E-state index in [9.17, 15) is 9.59 Å². The van der Waals surface area contributed by atoms with E-state index in [1.54, 1.807) is 12.1 Å². The third-order valence-electron chi connectivity index (χ3n) is 5.01. The summed E-state index contributed by atoms with van der Waals surface area (Å²) in [6.45, 7) is 6.64. The molecule has 150 valence electrons. The molecule has 1 aliphatic rings. The van der Waals surface area contributed by atoms with Gasteiger partial charge in [-0.25, -0.2) is 4.79 Å². The van der Waals surface area contributed by atoms with Gasteiger partial charge < -0.3 is 19.8 Å². The quantitative estimate of drug-likeness (QED) is 0.600. The van der Waals surface area contributed by atoms with Crippen LogP contribution in [0.4, 0.5) is 11.4 Å². The van der Waals surface area contributed by atoms with E-state index in [1.165, 1.54) is 11.6 Å². The van der Waals surface area contributed by atoms with Crippen molar-refractivity contribution in [3.8, 4) is 5.75 Å². The number of nitrogens with one attached hydrogen (secondary N) is 2. The smallest absolute Gasteiger partial charge is 0.336 e. The predicted molar refractivity (Wildman–Crippen MR) is 114 cm³/mol. The van der Waals surface area contributed by atoms with Crippen molar-refractivity contribution < 1.29 is 13.9 Å². The number of ether oxygens (including phenoxy) is 1. The summed E-state index contributed by atoms with van der Waals surface area (Å²) in [7, 11) is 0. The van der Waals surface area contributed by atoms with E-state index in [2.05, 4.69) is 30.5 Å². The summed E-state index contributed by atoms with van der Waals surface area (Å²) in [4.78, 5) is 23.5. The molecule has 7 heteroatoms. The van der Waals surface area contributed by atoms with Crippen LogP contribution >= 0.6 is 11.6 Å². The molecule has 2 heterocycles. The molecule has 0 fully saturated rings. The van der Waals surface area contributed by atoms with Gasteiger partial charge in [0.1, 0.15) is 11.3 Å². The summed E-state index contributed by atoms with van der Waals surface area (Å²) < 4.78 is 10.9. The second-order valence-corrected chi connectivity index (χ2v) is 7.88. The number of aryl methyl sites for hydroxylation is 1. The number of carbonyl (C=O) groups is 1. The molecule has 1 aromatic heterocycles. The van der Waals surface area contributed by atoms with Gasteiger partial charge in [0.05, 0.1) is 16.4 Å². The Morgan fingerprint density at radius 2 is 1.97 bits per heavy atom. The van der Waals surface area contributed by atoms with Crippen LogP contribution in [-0.4, -0.2) is 12.5 Å². The maximum atomic E-state index is 12.1. The lowest BCUT2D eigenvalue weighted by Crippen LogP contribution is -2.25. The van der Waals surface area contributed by atoms with Gasteiger partial charge in [0, 0.05) is 24.1 Å². The Labute approximate surface area is 172 Å². The van der Waals surface area contributed by atoms with E-state index in [4.69, 9.17) is 20.8 Å². The molecule has 3 aromatic rings. The maximum absolute atomic E-state index is 12.1. The summed E-state index contributed by atoms with van der Waals surface area (Å²) >= 11 is 6.36. The van der Waals surface area contributed by atoms with Crippen molar-refractivity contribution in [2.24, 2.45) is 0 Å². The zero-order chi connectivity index (χ0) is 20.7. The summed E-state index contributed by atoms with van der Waals surface area (Å²) in [5.74, 6) is 0.689. The van der Waals surface area contributed by atoms with Gasteiger partial charge in [0.25, 0.3) is 5.91 Å². The molecule has 0 atom stereocenters. The SMILES string of the molecule is Cc1cc2oc(=O)cc(CNc3cc4c(cc3Cl)NC(=O)CO4)c2cc1C(C)C. The number of halogens is 1. The minimum absolute atomic E-state index is 0.0320. The summed E-state index contributed by atoms with van der Waals surface area (Å²) in [6, 6.07) is 8.89. The topological polar surface area (TPSA) is 80.6 Å². The molecule has 1 aliphatic heterocycles. The largest absolute Gasteiger partial charge is 0.482 e. The average molecular weight is 413 g/mol. The van der Waals surface area contributed by atoms with Crippen molar-refractivity contribution in [2.75, 3.05) is 17.2 Å². The highest BCUT2D eigenvalue weighted by atomic mass is 35.5. The highest BCUT2D eigenvalue weighted by molar-refractivity contribution is 6.33. The number of rotatable bonds is 4. The monoisotopic (exact) mass is 412 g/mol. The van der Waals surface area contributed by atoms with Gasteiger partial charge in [-0.1, -0.05) is 25.4 Å². The van der Waals surface area contributed by atoms with Crippen molar-refractivity contribution >= 4 is 39.9 Å². The molecule has 1 amide bonds. The number of hydrogen-bond acceptors (Lipinski definition) is 5. The van der Waals surface area contributed by atoms with Crippen molar-refractivity contribution in [1.82, 2.24) is 0 Å². The van der Waals surface area contributed by atoms with Crippen LogP contribution in [0, 0.1) is 6.92 Å². The predicted octanol–water partition coefficient (Wildman–Crippen LogP) is 4.82. The van der Waals surface area contributed by atoms with Crippen molar-refractivity contribution in [2.45, 2.75) is 33.2 Å². The van der Waals surface area contributed by atoms with Crippen LogP contribution in [0.15, 0.2) is 39.5 Å². The molecule has 2 N–H and O–H groups in total. The molecule has 29 heavy (non-hydrogen) atoms. The first kappa shape index (κ1) is 19.3. The molecule has 0 aliphatic carbocycles. The van der Waals surface area contributed by atoms with E-state index < -0.39 is 5.63 Å². The first-order chi connectivity index (χ1) is 13.8. The maximum Gasteiger partial charge on any atom is 0.336 e. The van der Waals surface area contributed by atoms with Crippen LogP contribution < -0.4 is 21.0 Å². The second kappa shape index (κ2) is 7.44. The van der Waals surface area contributed by atoms with Gasteiger partial charge in [0.15, 0.2) is 6.61 Å². The zero-order valence-corrected chi connectivity index (χ0v) is 17.1. The molecule has 0 bridgehead atoms. The van der Waals surface area contributed by atoms with Crippen LogP contribution in [0.5, 0.6) is 5.75 Å². The van der Waals surface area contributed by atoms with Crippen LogP contribution in [-0.2, 0) is 11.3 Å². The first-order valence-electron chi connectivity index (χ1n) is 9.39. The molecule has 6 nitrogen and oxygen atoms in total. The third-order valence-corrected chi connectivity index (χ3v) is 5.32. The second-order valence-electron chi connectivity index (χ2n) is 7.47.